The number of aryl methyl sites for hydroxylation is 3. The Balaban J connectivity index is 2.15. The zero-order valence-corrected chi connectivity index (χ0v) is 11.1. The lowest BCUT2D eigenvalue weighted by molar-refractivity contribution is 0.511. The highest BCUT2D eigenvalue weighted by atomic mass is 32.1. The van der Waals surface area contributed by atoms with E-state index in [2.05, 4.69) is 17.3 Å². The molecule has 2 heterocycles. The summed E-state index contributed by atoms with van der Waals surface area (Å²) in [6.45, 7) is 6.04. The molecule has 0 fully saturated rings. The molecule has 2 rings (SSSR count). The SMILES string of the molecule is Cc1cc(C(Cc2nc(C)c(C)s2)NN)co1. The molecule has 0 spiro atoms. The van der Waals surface area contributed by atoms with Crippen molar-refractivity contribution >= 4 is 11.3 Å². The number of aromatic nitrogens is 1. The van der Waals surface area contributed by atoms with Gasteiger partial charge in [0.2, 0.25) is 0 Å². The fraction of sp³-hybridized carbons (Fsp3) is 0.417. The normalized spacial score (nSPS) is 12.9. The largest absolute Gasteiger partial charge is 0.469 e. The zero-order chi connectivity index (χ0) is 12.4. The summed E-state index contributed by atoms with van der Waals surface area (Å²) in [6, 6.07) is 2.05. The minimum absolute atomic E-state index is 0.0531. The van der Waals surface area contributed by atoms with Crippen molar-refractivity contribution in [1.29, 1.82) is 0 Å². The number of hydrazine groups is 1. The predicted octanol–water partition coefficient (Wildman–Crippen LogP) is 2.41. The van der Waals surface area contributed by atoms with E-state index in [1.807, 2.05) is 19.9 Å². The maximum atomic E-state index is 5.59. The van der Waals surface area contributed by atoms with Crippen LogP contribution in [0.2, 0.25) is 0 Å². The third-order valence-electron chi connectivity index (χ3n) is 2.81. The Morgan fingerprint density at radius 3 is 2.71 bits per heavy atom. The van der Waals surface area contributed by atoms with E-state index in [1.165, 1.54) is 4.88 Å². The van der Waals surface area contributed by atoms with Gasteiger partial charge in [-0.2, -0.15) is 0 Å². The minimum atomic E-state index is 0.0531. The van der Waals surface area contributed by atoms with Crippen molar-refractivity contribution in [1.82, 2.24) is 10.4 Å². The molecule has 17 heavy (non-hydrogen) atoms. The summed E-state index contributed by atoms with van der Waals surface area (Å²) in [7, 11) is 0. The lowest BCUT2D eigenvalue weighted by Crippen LogP contribution is -2.29. The Labute approximate surface area is 105 Å². The van der Waals surface area contributed by atoms with Gasteiger partial charge < -0.3 is 4.42 Å². The Morgan fingerprint density at radius 2 is 2.24 bits per heavy atom. The van der Waals surface area contributed by atoms with Crippen LogP contribution in [0.1, 0.15) is 32.9 Å². The van der Waals surface area contributed by atoms with E-state index in [0.29, 0.717) is 0 Å². The van der Waals surface area contributed by atoms with Crippen molar-refractivity contribution in [3.8, 4) is 0 Å². The molecular weight excluding hydrogens is 234 g/mol. The number of nitrogens with two attached hydrogens (primary N) is 1. The quantitative estimate of drug-likeness (QED) is 0.647. The lowest BCUT2D eigenvalue weighted by Gasteiger charge is -2.11. The first-order chi connectivity index (χ1) is 8.10. The second kappa shape index (κ2) is 5.00. The van der Waals surface area contributed by atoms with Gasteiger partial charge in [0.05, 0.1) is 23.0 Å². The van der Waals surface area contributed by atoms with Gasteiger partial charge >= 0.3 is 0 Å². The molecule has 0 bridgehead atoms. The smallest absolute Gasteiger partial charge is 0.101 e. The van der Waals surface area contributed by atoms with Gasteiger partial charge in [0.25, 0.3) is 0 Å². The molecule has 3 N–H and O–H groups in total. The van der Waals surface area contributed by atoms with Gasteiger partial charge in [-0.3, -0.25) is 11.3 Å². The number of hydrogen-bond acceptors (Lipinski definition) is 5. The van der Waals surface area contributed by atoms with Crippen LogP contribution >= 0.6 is 11.3 Å². The molecule has 0 radical (unpaired) electrons. The number of furan rings is 1. The van der Waals surface area contributed by atoms with Crippen molar-refractivity contribution in [2.45, 2.75) is 33.2 Å². The maximum absolute atomic E-state index is 5.59. The molecular formula is C12H17N3OS. The monoisotopic (exact) mass is 251 g/mol. The summed E-state index contributed by atoms with van der Waals surface area (Å²) in [5, 5.41) is 1.10. The first kappa shape index (κ1) is 12.3. The van der Waals surface area contributed by atoms with Gasteiger partial charge in [-0.15, -0.1) is 11.3 Å². The number of nitrogens with one attached hydrogen (secondary N) is 1. The van der Waals surface area contributed by atoms with Gasteiger partial charge in [0, 0.05) is 16.9 Å². The highest BCUT2D eigenvalue weighted by molar-refractivity contribution is 7.11. The van der Waals surface area contributed by atoms with Gasteiger partial charge in [-0.25, -0.2) is 4.98 Å². The topological polar surface area (TPSA) is 64.1 Å². The highest BCUT2D eigenvalue weighted by Gasteiger charge is 2.15. The lowest BCUT2D eigenvalue weighted by atomic mass is 10.1. The van der Waals surface area contributed by atoms with Crippen LogP contribution in [0.15, 0.2) is 16.7 Å². The van der Waals surface area contributed by atoms with Crippen LogP contribution in [0.4, 0.5) is 0 Å². The van der Waals surface area contributed by atoms with Gasteiger partial charge in [0.1, 0.15) is 5.76 Å². The fourth-order valence-electron chi connectivity index (χ4n) is 1.72. The van der Waals surface area contributed by atoms with Crippen LogP contribution in [0.25, 0.3) is 0 Å². The Morgan fingerprint density at radius 1 is 1.47 bits per heavy atom. The summed E-state index contributed by atoms with van der Waals surface area (Å²) in [4.78, 5) is 5.79. The van der Waals surface area contributed by atoms with Crippen molar-refractivity contribution in [3.63, 3.8) is 0 Å². The van der Waals surface area contributed by atoms with Gasteiger partial charge in [-0.05, 0) is 26.8 Å². The molecule has 4 nitrogen and oxygen atoms in total. The third-order valence-corrected chi connectivity index (χ3v) is 3.90. The number of hydrogen-bond donors (Lipinski definition) is 2. The van der Waals surface area contributed by atoms with E-state index in [0.717, 1.165) is 28.4 Å². The average molecular weight is 251 g/mol. The number of rotatable bonds is 4. The van der Waals surface area contributed by atoms with E-state index >= 15 is 0 Å². The average Bonchev–Trinajstić information content (AvgIpc) is 2.83. The molecule has 5 heteroatoms. The van der Waals surface area contributed by atoms with Gasteiger partial charge in [-0.1, -0.05) is 0 Å². The summed E-state index contributed by atoms with van der Waals surface area (Å²) in [5.74, 6) is 6.49. The molecule has 0 saturated heterocycles. The van der Waals surface area contributed by atoms with Crippen LogP contribution in [0.3, 0.4) is 0 Å². The Kier molecular flexibility index (Phi) is 3.61. The van der Waals surface area contributed by atoms with Crippen molar-refractivity contribution in [2.24, 2.45) is 5.84 Å². The van der Waals surface area contributed by atoms with E-state index < -0.39 is 0 Å². The van der Waals surface area contributed by atoms with Crippen LogP contribution in [-0.4, -0.2) is 4.98 Å². The van der Waals surface area contributed by atoms with Crippen LogP contribution in [0, 0.1) is 20.8 Å². The van der Waals surface area contributed by atoms with Crippen LogP contribution in [0.5, 0.6) is 0 Å². The van der Waals surface area contributed by atoms with E-state index in [4.69, 9.17) is 10.3 Å². The van der Waals surface area contributed by atoms with Crippen molar-refractivity contribution < 1.29 is 4.42 Å². The molecule has 0 saturated carbocycles. The molecule has 1 atom stereocenters. The molecule has 92 valence electrons. The number of thiazole rings is 1. The predicted molar refractivity (Wildman–Crippen MR) is 68.8 cm³/mol. The van der Waals surface area contributed by atoms with Gasteiger partial charge in [0.15, 0.2) is 0 Å². The summed E-state index contributed by atoms with van der Waals surface area (Å²) >= 11 is 1.72. The van der Waals surface area contributed by atoms with E-state index in [9.17, 15) is 0 Å². The Hall–Kier alpha value is -1.17. The zero-order valence-electron chi connectivity index (χ0n) is 10.3. The van der Waals surface area contributed by atoms with E-state index in [-0.39, 0.29) is 6.04 Å². The summed E-state index contributed by atoms with van der Waals surface area (Å²) < 4.78 is 5.30. The van der Waals surface area contributed by atoms with Crippen molar-refractivity contribution in [2.75, 3.05) is 0 Å². The molecule has 0 aliphatic rings. The fourth-order valence-corrected chi connectivity index (χ4v) is 2.70. The standard InChI is InChI=1S/C12H17N3OS/c1-7-4-10(6-16-7)11(15-13)5-12-14-8(2)9(3)17-12/h4,6,11,15H,5,13H2,1-3H3. The first-order valence-electron chi connectivity index (χ1n) is 5.54. The molecule has 2 aromatic heterocycles. The molecule has 2 aromatic rings. The molecule has 1 unspecified atom stereocenters. The minimum Gasteiger partial charge on any atom is -0.469 e. The second-order valence-electron chi connectivity index (χ2n) is 4.16. The third kappa shape index (κ3) is 2.74. The summed E-state index contributed by atoms with van der Waals surface area (Å²) in [5.41, 5.74) is 4.98. The molecule has 0 aliphatic heterocycles. The van der Waals surface area contributed by atoms with Crippen LogP contribution in [-0.2, 0) is 6.42 Å². The number of nitrogens with zero attached hydrogens (tertiary/aromatic N) is 1. The highest BCUT2D eigenvalue weighted by Crippen LogP contribution is 2.24. The molecule has 0 aliphatic carbocycles. The van der Waals surface area contributed by atoms with Crippen LogP contribution < -0.4 is 11.3 Å². The summed E-state index contributed by atoms with van der Waals surface area (Å²) in [6.07, 6.45) is 2.53. The molecule has 0 amide bonds. The second-order valence-corrected chi connectivity index (χ2v) is 5.45. The maximum Gasteiger partial charge on any atom is 0.101 e. The van der Waals surface area contributed by atoms with E-state index in [1.54, 1.807) is 17.6 Å². The Bertz CT molecular complexity index is 484. The first-order valence-corrected chi connectivity index (χ1v) is 6.36. The molecule has 0 aromatic carbocycles. The van der Waals surface area contributed by atoms with Crippen molar-refractivity contribution in [3.05, 3.63) is 39.2 Å².